The lowest BCUT2D eigenvalue weighted by Crippen LogP contribution is -2.32. The quantitative estimate of drug-likeness (QED) is 0.615. The molecule has 150 valence electrons. The molecule has 0 aliphatic heterocycles. The maximum absolute atomic E-state index is 13.3. The number of nitrogens with one attached hydrogen (secondary N) is 1. The third-order valence-corrected chi connectivity index (χ3v) is 6.50. The van der Waals surface area contributed by atoms with E-state index in [0.717, 1.165) is 0 Å². The van der Waals surface area contributed by atoms with Crippen LogP contribution in [0.4, 0.5) is 0 Å². The van der Waals surface area contributed by atoms with Crippen molar-refractivity contribution in [3.05, 3.63) is 90.3 Å². The van der Waals surface area contributed by atoms with Crippen LogP contribution >= 0.6 is 0 Å². The van der Waals surface area contributed by atoms with Crippen LogP contribution in [0.1, 0.15) is 28.1 Å². The Kier molecular flexibility index (Phi) is 6.61. The second-order valence-electron chi connectivity index (χ2n) is 6.30. The fourth-order valence-corrected chi connectivity index (χ4v) is 4.55. The molecule has 0 saturated carbocycles. The van der Waals surface area contributed by atoms with Gasteiger partial charge in [0.2, 0.25) is 0 Å². The number of hydrogen-bond acceptors (Lipinski definition) is 5. The van der Waals surface area contributed by atoms with Gasteiger partial charge in [0, 0.05) is 24.5 Å². The summed E-state index contributed by atoms with van der Waals surface area (Å²) >= 11 is 0. The zero-order valence-corrected chi connectivity index (χ0v) is 16.8. The maximum atomic E-state index is 13.3. The van der Waals surface area contributed by atoms with Crippen LogP contribution in [0.5, 0.6) is 5.75 Å². The van der Waals surface area contributed by atoms with Gasteiger partial charge in [-0.1, -0.05) is 24.3 Å². The summed E-state index contributed by atoms with van der Waals surface area (Å²) in [6.07, 6.45) is 3.08. The van der Waals surface area contributed by atoms with Gasteiger partial charge < -0.3 is 10.1 Å². The second-order valence-corrected chi connectivity index (χ2v) is 8.43. The van der Waals surface area contributed by atoms with E-state index in [1.54, 1.807) is 54.7 Å². The summed E-state index contributed by atoms with van der Waals surface area (Å²) < 4.78 is 32.0. The van der Waals surface area contributed by atoms with E-state index in [0.29, 0.717) is 23.5 Å². The summed E-state index contributed by atoms with van der Waals surface area (Å²) in [6.45, 7) is 2.28. The minimum atomic E-state index is -3.77. The highest BCUT2D eigenvalue weighted by molar-refractivity contribution is 7.91. The molecule has 29 heavy (non-hydrogen) atoms. The van der Waals surface area contributed by atoms with Crippen LogP contribution in [0.15, 0.2) is 84.0 Å². The number of benzene rings is 2. The molecule has 0 saturated heterocycles. The molecule has 0 bridgehead atoms. The van der Waals surface area contributed by atoms with Gasteiger partial charge in [0.05, 0.1) is 11.5 Å². The Bertz CT molecular complexity index is 1040. The first-order chi connectivity index (χ1) is 14.0. The summed E-state index contributed by atoms with van der Waals surface area (Å²) in [7, 11) is -3.77. The molecule has 7 heteroatoms. The van der Waals surface area contributed by atoms with Crippen molar-refractivity contribution < 1.29 is 17.9 Å². The molecule has 6 nitrogen and oxygen atoms in total. The Labute approximate surface area is 170 Å². The Morgan fingerprint density at radius 3 is 2.38 bits per heavy atom. The number of pyridine rings is 1. The first-order valence-electron chi connectivity index (χ1n) is 9.22. The number of aromatic nitrogens is 1. The molecule has 0 aliphatic rings. The third kappa shape index (κ3) is 5.00. The Balaban J connectivity index is 1.88. The van der Waals surface area contributed by atoms with Gasteiger partial charge in [0.15, 0.2) is 9.84 Å². The third-order valence-electron chi connectivity index (χ3n) is 4.38. The van der Waals surface area contributed by atoms with Crippen molar-refractivity contribution in [2.75, 3.05) is 13.2 Å². The molecular formula is C22H22N2O4S. The number of nitrogens with zero attached hydrogens (tertiary/aromatic N) is 1. The van der Waals surface area contributed by atoms with E-state index < -0.39 is 15.1 Å². The molecule has 0 radical (unpaired) electrons. The lowest BCUT2D eigenvalue weighted by molar-refractivity contribution is 0.0953. The fourth-order valence-electron chi connectivity index (χ4n) is 2.91. The summed E-state index contributed by atoms with van der Waals surface area (Å²) in [5.74, 6) is 0.267. The van der Waals surface area contributed by atoms with Crippen LogP contribution < -0.4 is 10.1 Å². The largest absolute Gasteiger partial charge is 0.494 e. The van der Waals surface area contributed by atoms with Crippen molar-refractivity contribution in [1.82, 2.24) is 10.3 Å². The molecule has 1 heterocycles. The minimum Gasteiger partial charge on any atom is -0.494 e. The van der Waals surface area contributed by atoms with Crippen molar-refractivity contribution in [3.8, 4) is 5.75 Å². The number of rotatable bonds is 8. The zero-order valence-electron chi connectivity index (χ0n) is 16.0. The van der Waals surface area contributed by atoms with Crippen molar-refractivity contribution in [1.29, 1.82) is 0 Å². The van der Waals surface area contributed by atoms with Crippen molar-refractivity contribution in [2.24, 2.45) is 0 Å². The van der Waals surface area contributed by atoms with Crippen LogP contribution in [0, 0.1) is 0 Å². The van der Waals surface area contributed by atoms with E-state index >= 15 is 0 Å². The first-order valence-corrected chi connectivity index (χ1v) is 10.8. The molecule has 0 aliphatic carbocycles. The molecule has 2 aromatic carbocycles. The van der Waals surface area contributed by atoms with Gasteiger partial charge in [-0.25, -0.2) is 8.42 Å². The van der Waals surface area contributed by atoms with Crippen molar-refractivity contribution >= 4 is 15.7 Å². The van der Waals surface area contributed by atoms with Gasteiger partial charge in [-0.05, 0) is 55.0 Å². The predicted octanol–water partition coefficient (Wildman–Crippen LogP) is 3.43. The lowest BCUT2D eigenvalue weighted by atomic mass is 10.2. The van der Waals surface area contributed by atoms with E-state index in [9.17, 15) is 13.2 Å². The predicted molar refractivity (Wildman–Crippen MR) is 111 cm³/mol. The second kappa shape index (κ2) is 9.34. The van der Waals surface area contributed by atoms with E-state index in [2.05, 4.69) is 10.3 Å². The average Bonchev–Trinajstić information content (AvgIpc) is 2.75. The fraction of sp³-hybridized carbons (Fsp3) is 0.182. The number of carbonyl (C=O) groups is 1. The van der Waals surface area contributed by atoms with Gasteiger partial charge in [-0.2, -0.15) is 0 Å². The molecule has 1 N–H and O–H groups in total. The van der Waals surface area contributed by atoms with Crippen LogP contribution in [0.25, 0.3) is 0 Å². The van der Waals surface area contributed by atoms with Gasteiger partial charge in [0.25, 0.3) is 5.91 Å². The van der Waals surface area contributed by atoms with Crippen LogP contribution in [-0.2, 0) is 9.84 Å². The molecule has 1 amide bonds. The number of carbonyl (C=O) groups excluding carboxylic acids is 1. The standard InChI is InChI=1S/C22H22N2O4S/c1-2-28-19-10-12-20(13-11-19)29(26,27)21(18-9-6-14-23-15-18)16-24-22(25)17-7-4-3-5-8-17/h3-15,21H,2,16H2,1H3,(H,24,25). The number of amides is 1. The van der Waals surface area contributed by atoms with Crippen LogP contribution in [0.3, 0.4) is 0 Å². The molecule has 3 aromatic rings. The average molecular weight is 410 g/mol. The molecule has 0 fully saturated rings. The van der Waals surface area contributed by atoms with Crippen molar-refractivity contribution in [2.45, 2.75) is 17.1 Å². The van der Waals surface area contributed by atoms with Gasteiger partial charge >= 0.3 is 0 Å². The smallest absolute Gasteiger partial charge is 0.251 e. The van der Waals surface area contributed by atoms with E-state index in [-0.39, 0.29) is 17.3 Å². The van der Waals surface area contributed by atoms with Crippen LogP contribution in [-0.4, -0.2) is 32.5 Å². The van der Waals surface area contributed by atoms with Gasteiger partial charge in [-0.3, -0.25) is 9.78 Å². The maximum Gasteiger partial charge on any atom is 0.251 e. The summed E-state index contributed by atoms with van der Waals surface area (Å²) in [5.41, 5.74) is 0.977. The first kappa shape index (κ1) is 20.5. The summed E-state index contributed by atoms with van der Waals surface area (Å²) in [5, 5.41) is 1.76. The SMILES string of the molecule is CCOc1ccc(S(=O)(=O)C(CNC(=O)c2ccccc2)c2cccnc2)cc1. The molecule has 1 aromatic heterocycles. The van der Waals surface area contributed by atoms with E-state index in [1.807, 2.05) is 13.0 Å². The topological polar surface area (TPSA) is 85.4 Å². The minimum absolute atomic E-state index is 0.0744. The summed E-state index contributed by atoms with van der Waals surface area (Å²) in [4.78, 5) is 16.6. The molecule has 0 spiro atoms. The zero-order chi connectivity index (χ0) is 20.7. The normalized spacial score (nSPS) is 12.2. The molecule has 3 rings (SSSR count). The Morgan fingerprint density at radius 1 is 1.03 bits per heavy atom. The summed E-state index contributed by atoms with van der Waals surface area (Å²) in [6, 6.07) is 18.3. The van der Waals surface area contributed by atoms with Crippen LogP contribution in [0.2, 0.25) is 0 Å². The number of ether oxygens (including phenoxy) is 1. The highest BCUT2D eigenvalue weighted by atomic mass is 32.2. The van der Waals surface area contributed by atoms with Gasteiger partial charge in [-0.15, -0.1) is 0 Å². The highest BCUT2D eigenvalue weighted by Crippen LogP contribution is 2.29. The Hall–Kier alpha value is -3.19. The van der Waals surface area contributed by atoms with Crippen molar-refractivity contribution in [3.63, 3.8) is 0 Å². The van der Waals surface area contributed by atoms with E-state index in [4.69, 9.17) is 4.74 Å². The molecule has 1 unspecified atom stereocenters. The monoisotopic (exact) mass is 410 g/mol. The molecule has 1 atom stereocenters. The molecular weight excluding hydrogens is 388 g/mol. The highest BCUT2D eigenvalue weighted by Gasteiger charge is 2.30. The van der Waals surface area contributed by atoms with Gasteiger partial charge in [0.1, 0.15) is 11.0 Å². The lowest BCUT2D eigenvalue weighted by Gasteiger charge is -2.19. The number of sulfone groups is 1. The number of hydrogen-bond donors (Lipinski definition) is 1. The van der Waals surface area contributed by atoms with E-state index in [1.165, 1.54) is 18.3 Å². The Morgan fingerprint density at radius 2 is 1.76 bits per heavy atom.